The van der Waals surface area contributed by atoms with Crippen LogP contribution in [-0.4, -0.2) is 30.9 Å². The van der Waals surface area contributed by atoms with E-state index in [0.717, 1.165) is 13.0 Å². The van der Waals surface area contributed by atoms with Crippen molar-refractivity contribution in [3.8, 4) is 0 Å². The van der Waals surface area contributed by atoms with Gasteiger partial charge in [0, 0.05) is 43.9 Å². The Balaban J connectivity index is 1.61. The van der Waals surface area contributed by atoms with Gasteiger partial charge in [-0.1, -0.05) is 60.7 Å². The van der Waals surface area contributed by atoms with E-state index in [0.29, 0.717) is 0 Å². The van der Waals surface area contributed by atoms with Crippen LogP contribution in [0.3, 0.4) is 0 Å². The number of hydrogen-bond acceptors (Lipinski definition) is 1. The summed E-state index contributed by atoms with van der Waals surface area (Å²) in [6.07, 6.45) is 5.67. The van der Waals surface area contributed by atoms with E-state index in [1.807, 2.05) is 0 Å². The standard InChI is InChI=1S/C33H35N2/c1-24-23-28(34(4)5)18-15-26(24)17-20-31-33(2,3)32-29-14-10-9-13-27(29)16-19-30(32)35(31)22-21-25-11-7-6-8-12-25/h6-20,23H,21-22H2,1-5H3/q+1. The van der Waals surface area contributed by atoms with Gasteiger partial charge in [-0.15, -0.1) is 0 Å². The summed E-state index contributed by atoms with van der Waals surface area (Å²) in [5, 5.41) is 2.66. The maximum absolute atomic E-state index is 2.55. The van der Waals surface area contributed by atoms with E-state index in [2.05, 4.69) is 141 Å². The highest BCUT2D eigenvalue weighted by Crippen LogP contribution is 2.44. The van der Waals surface area contributed by atoms with Crippen LogP contribution in [0.2, 0.25) is 0 Å². The van der Waals surface area contributed by atoms with Crippen molar-refractivity contribution >= 4 is 33.9 Å². The van der Waals surface area contributed by atoms with Gasteiger partial charge >= 0.3 is 0 Å². The third-order valence-electron chi connectivity index (χ3n) is 7.41. The predicted octanol–water partition coefficient (Wildman–Crippen LogP) is 7.55. The van der Waals surface area contributed by atoms with Crippen molar-refractivity contribution < 1.29 is 4.58 Å². The molecule has 2 heteroatoms. The summed E-state index contributed by atoms with van der Waals surface area (Å²) in [6, 6.07) is 30.9. The van der Waals surface area contributed by atoms with E-state index >= 15 is 0 Å². The topological polar surface area (TPSA) is 6.25 Å². The van der Waals surface area contributed by atoms with Crippen LogP contribution in [0.25, 0.3) is 16.8 Å². The lowest BCUT2D eigenvalue weighted by Crippen LogP contribution is -2.28. The first-order chi connectivity index (χ1) is 16.9. The van der Waals surface area contributed by atoms with Gasteiger partial charge in [0.1, 0.15) is 0 Å². The molecule has 2 nitrogen and oxygen atoms in total. The van der Waals surface area contributed by atoms with E-state index in [-0.39, 0.29) is 5.41 Å². The molecule has 0 spiro atoms. The van der Waals surface area contributed by atoms with E-state index in [1.54, 1.807) is 0 Å². The van der Waals surface area contributed by atoms with Crippen molar-refractivity contribution in [1.82, 2.24) is 0 Å². The number of fused-ring (bicyclic) bond motifs is 3. The minimum atomic E-state index is -0.0964. The molecule has 35 heavy (non-hydrogen) atoms. The summed E-state index contributed by atoms with van der Waals surface area (Å²) in [5.41, 5.74) is 9.20. The molecule has 0 unspecified atom stereocenters. The number of hydrogen-bond donors (Lipinski definition) is 0. The zero-order valence-corrected chi connectivity index (χ0v) is 21.5. The number of benzene rings is 4. The van der Waals surface area contributed by atoms with Crippen LogP contribution in [0.5, 0.6) is 0 Å². The van der Waals surface area contributed by atoms with Crippen molar-refractivity contribution in [3.63, 3.8) is 0 Å². The summed E-state index contributed by atoms with van der Waals surface area (Å²) >= 11 is 0. The second-order valence-corrected chi connectivity index (χ2v) is 10.3. The molecule has 0 fully saturated rings. The fourth-order valence-electron chi connectivity index (χ4n) is 5.46. The van der Waals surface area contributed by atoms with Crippen molar-refractivity contribution in [2.24, 2.45) is 0 Å². The SMILES string of the molecule is Cc1cc(N(C)C)ccc1C=CC1=[N+](CCc2ccccc2)c2ccc3ccccc3c2C1(C)C. The Morgan fingerprint density at radius 3 is 2.31 bits per heavy atom. The average Bonchev–Trinajstić information content (AvgIpc) is 3.08. The lowest BCUT2D eigenvalue weighted by Gasteiger charge is -2.18. The smallest absolute Gasteiger partial charge is 0.210 e. The Morgan fingerprint density at radius 1 is 0.829 bits per heavy atom. The van der Waals surface area contributed by atoms with Crippen molar-refractivity contribution in [2.75, 3.05) is 25.5 Å². The zero-order valence-electron chi connectivity index (χ0n) is 21.5. The number of anilines is 1. The summed E-state index contributed by atoms with van der Waals surface area (Å²) in [6.45, 7) is 7.91. The molecular weight excluding hydrogens is 424 g/mol. The largest absolute Gasteiger partial charge is 0.378 e. The summed E-state index contributed by atoms with van der Waals surface area (Å²) in [7, 11) is 4.18. The maximum atomic E-state index is 2.55. The van der Waals surface area contributed by atoms with Gasteiger partial charge in [-0.2, -0.15) is 4.58 Å². The lowest BCUT2D eigenvalue weighted by atomic mass is 9.79. The molecule has 1 heterocycles. The van der Waals surface area contributed by atoms with Crippen LogP contribution >= 0.6 is 0 Å². The highest BCUT2D eigenvalue weighted by Gasteiger charge is 2.45. The first-order valence-electron chi connectivity index (χ1n) is 12.5. The number of nitrogens with zero attached hydrogens (tertiary/aromatic N) is 2. The minimum Gasteiger partial charge on any atom is -0.378 e. The lowest BCUT2D eigenvalue weighted by molar-refractivity contribution is -0.436. The van der Waals surface area contributed by atoms with Gasteiger partial charge in [0.2, 0.25) is 5.69 Å². The Labute approximate surface area is 209 Å². The molecule has 0 saturated heterocycles. The molecule has 4 aromatic carbocycles. The van der Waals surface area contributed by atoms with Crippen molar-refractivity contribution in [2.45, 2.75) is 32.6 Å². The summed E-state index contributed by atoms with van der Waals surface area (Å²) in [4.78, 5) is 2.16. The Bertz CT molecular complexity index is 1440. The molecule has 0 bridgehead atoms. The van der Waals surface area contributed by atoms with Gasteiger partial charge in [-0.05, 0) is 72.5 Å². The van der Waals surface area contributed by atoms with Crippen LogP contribution in [0.1, 0.15) is 36.1 Å². The van der Waals surface area contributed by atoms with Gasteiger partial charge < -0.3 is 4.90 Å². The molecule has 0 amide bonds. The fourth-order valence-corrected chi connectivity index (χ4v) is 5.46. The molecule has 176 valence electrons. The highest BCUT2D eigenvalue weighted by atomic mass is 15.1. The van der Waals surface area contributed by atoms with Crippen molar-refractivity contribution in [1.29, 1.82) is 0 Å². The molecule has 4 aromatic rings. The molecule has 0 aromatic heterocycles. The highest BCUT2D eigenvalue weighted by molar-refractivity contribution is 6.09. The second-order valence-electron chi connectivity index (χ2n) is 10.3. The van der Waals surface area contributed by atoms with Crippen LogP contribution in [-0.2, 0) is 11.8 Å². The Morgan fingerprint density at radius 2 is 1.57 bits per heavy atom. The first kappa shape index (κ1) is 23.1. The van der Waals surface area contributed by atoms with Gasteiger partial charge in [-0.3, -0.25) is 0 Å². The molecule has 5 rings (SSSR count). The molecular formula is C33H35N2+. The van der Waals surface area contributed by atoms with Gasteiger partial charge in [0.25, 0.3) is 0 Å². The average molecular weight is 460 g/mol. The van der Waals surface area contributed by atoms with Gasteiger partial charge in [0.05, 0.1) is 5.41 Å². The van der Waals surface area contributed by atoms with E-state index in [4.69, 9.17) is 0 Å². The monoisotopic (exact) mass is 459 g/mol. The maximum Gasteiger partial charge on any atom is 0.210 e. The number of rotatable bonds is 6. The van der Waals surface area contributed by atoms with Crippen LogP contribution < -0.4 is 4.90 Å². The molecule has 1 aliphatic rings. The van der Waals surface area contributed by atoms with Crippen LogP contribution in [0.15, 0.2) is 91.0 Å². The normalized spacial score (nSPS) is 14.7. The Hall–Kier alpha value is -3.65. The minimum absolute atomic E-state index is 0.0964. The molecule has 0 saturated carbocycles. The van der Waals surface area contributed by atoms with E-state index in [9.17, 15) is 0 Å². The fraction of sp³-hybridized carbons (Fsp3) is 0.242. The quantitative estimate of drug-likeness (QED) is 0.270. The predicted molar refractivity (Wildman–Crippen MR) is 151 cm³/mol. The third-order valence-corrected chi connectivity index (χ3v) is 7.41. The molecule has 0 N–H and O–H groups in total. The molecule has 1 aliphatic heterocycles. The Kier molecular flexibility index (Phi) is 6.06. The second kappa shape index (κ2) is 9.19. The summed E-state index contributed by atoms with van der Waals surface area (Å²) in [5.74, 6) is 0. The molecule has 0 radical (unpaired) electrons. The van der Waals surface area contributed by atoms with Crippen molar-refractivity contribution in [3.05, 3.63) is 113 Å². The number of allylic oxidation sites excluding steroid dienone is 1. The number of aryl methyl sites for hydroxylation is 1. The van der Waals surface area contributed by atoms with E-state index in [1.165, 1.54) is 50.1 Å². The molecule has 0 aliphatic carbocycles. The van der Waals surface area contributed by atoms with Gasteiger partial charge in [0.15, 0.2) is 12.3 Å². The van der Waals surface area contributed by atoms with Crippen LogP contribution in [0, 0.1) is 6.92 Å². The third kappa shape index (κ3) is 4.30. The summed E-state index contributed by atoms with van der Waals surface area (Å²) < 4.78 is 2.55. The first-order valence-corrected chi connectivity index (χ1v) is 12.5. The van der Waals surface area contributed by atoms with E-state index < -0.39 is 0 Å². The zero-order chi connectivity index (χ0) is 24.6. The van der Waals surface area contributed by atoms with Crippen LogP contribution in [0.4, 0.5) is 11.4 Å². The molecule has 0 atom stereocenters. The van der Waals surface area contributed by atoms with Gasteiger partial charge in [-0.25, -0.2) is 0 Å².